The Bertz CT molecular complexity index is 312. The lowest BCUT2D eigenvalue weighted by Crippen LogP contribution is -2.26. The van der Waals surface area contributed by atoms with Gasteiger partial charge < -0.3 is 10.2 Å². The van der Waals surface area contributed by atoms with E-state index in [1.165, 1.54) is 24.0 Å². The molecule has 2 heteroatoms. The summed E-state index contributed by atoms with van der Waals surface area (Å²) < 4.78 is 0. The van der Waals surface area contributed by atoms with Crippen molar-refractivity contribution in [3.05, 3.63) is 35.4 Å². The van der Waals surface area contributed by atoms with Crippen molar-refractivity contribution in [3.8, 4) is 0 Å². The number of nitrogens with zero attached hydrogens (tertiary/aromatic N) is 1. The minimum Gasteiger partial charge on any atom is -0.311 e. The highest BCUT2D eigenvalue weighted by Gasteiger charge is 2.22. The molecule has 1 aliphatic rings. The normalized spacial score (nSPS) is 15.7. The summed E-state index contributed by atoms with van der Waals surface area (Å²) in [5.74, 6) is 0.871. The molecule has 0 unspecified atom stereocenters. The highest BCUT2D eigenvalue weighted by atomic mass is 15.1. The van der Waals surface area contributed by atoms with Crippen molar-refractivity contribution in [2.75, 3.05) is 27.2 Å². The van der Waals surface area contributed by atoms with Gasteiger partial charge in [0.05, 0.1) is 0 Å². The van der Waals surface area contributed by atoms with Crippen LogP contribution in [0.4, 0.5) is 0 Å². The maximum absolute atomic E-state index is 3.46. The van der Waals surface area contributed by atoms with Crippen LogP contribution in [0.25, 0.3) is 0 Å². The van der Waals surface area contributed by atoms with Crippen LogP contribution in [-0.4, -0.2) is 32.1 Å². The molecule has 2 nitrogen and oxygen atoms in total. The van der Waals surface area contributed by atoms with Gasteiger partial charge in [-0.3, -0.25) is 0 Å². The molecule has 0 aliphatic heterocycles. The van der Waals surface area contributed by atoms with Crippen LogP contribution in [0, 0.1) is 0 Å². The maximum atomic E-state index is 3.46. The minimum atomic E-state index is 0.871. The zero-order chi connectivity index (χ0) is 11.4. The first-order valence-corrected chi connectivity index (χ1v) is 6.20. The molecule has 2 rings (SSSR count). The summed E-state index contributed by atoms with van der Waals surface area (Å²) in [6.07, 6.45) is 2.78. The van der Waals surface area contributed by atoms with Crippen LogP contribution < -0.4 is 5.32 Å². The molecule has 88 valence electrons. The number of hydrogen-bond donors (Lipinski definition) is 1. The predicted molar refractivity (Wildman–Crippen MR) is 68.7 cm³/mol. The van der Waals surface area contributed by atoms with Gasteiger partial charge in [-0.2, -0.15) is 0 Å². The van der Waals surface area contributed by atoms with Crippen molar-refractivity contribution >= 4 is 0 Å². The number of rotatable bonds is 6. The van der Waals surface area contributed by atoms with Crippen molar-refractivity contribution in [2.45, 2.75) is 25.3 Å². The number of nitrogens with one attached hydrogen (secondary N) is 1. The van der Waals surface area contributed by atoms with Crippen molar-refractivity contribution < 1.29 is 0 Å². The van der Waals surface area contributed by atoms with E-state index in [9.17, 15) is 0 Å². The van der Waals surface area contributed by atoms with E-state index in [4.69, 9.17) is 0 Å². The fraction of sp³-hybridized carbons (Fsp3) is 0.571. The highest BCUT2D eigenvalue weighted by Crippen LogP contribution is 2.39. The Kier molecular flexibility index (Phi) is 3.97. The summed E-state index contributed by atoms with van der Waals surface area (Å²) in [5.41, 5.74) is 2.92. The van der Waals surface area contributed by atoms with E-state index in [2.05, 4.69) is 48.6 Å². The van der Waals surface area contributed by atoms with E-state index in [0.717, 1.165) is 25.6 Å². The van der Waals surface area contributed by atoms with Gasteiger partial charge in [-0.25, -0.2) is 0 Å². The van der Waals surface area contributed by atoms with E-state index in [0.29, 0.717) is 0 Å². The third kappa shape index (κ3) is 3.62. The smallest absolute Gasteiger partial charge is 0.0206 e. The summed E-state index contributed by atoms with van der Waals surface area (Å²) in [6.45, 7) is 3.14. The number of hydrogen-bond acceptors (Lipinski definition) is 2. The Morgan fingerprint density at radius 2 is 1.88 bits per heavy atom. The monoisotopic (exact) mass is 218 g/mol. The van der Waals surface area contributed by atoms with Gasteiger partial charge in [-0.15, -0.1) is 0 Å². The van der Waals surface area contributed by atoms with Crippen molar-refractivity contribution in [3.63, 3.8) is 0 Å². The minimum absolute atomic E-state index is 0.871. The Morgan fingerprint density at radius 1 is 1.19 bits per heavy atom. The fourth-order valence-electron chi connectivity index (χ4n) is 1.86. The molecule has 0 atom stereocenters. The van der Waals surface area contributed by atoms with Crippen LogP contribution in [0.1, 0.15) is 29.9 Å². The molecule has 0 heterocycles. The molecule has 1 fully saturated rings. The first-order chi connectivity index (χ1) is 7.75. The lowest BCUT2D eigenvalue weighted by atomic mass is 10.1. The predicted octanol–water partition coefficient (Wildman–Crippen LogP) is 2.22. The van der Waals surface area contributed by atoms with Gasteiger partial charge in [-0.05, 0) is 44.0 Å². The lowest BCUT2D eigenvalue weighted by Gasteiger charge is -2.10. The van der Waals surface area contributed by atoms with E-state index in [1.54, 1.807) is 0 Å². The average Bonchev–Trinajstić information content (AvgIpc) is 3.09. The molecule has 16 heavy (non-hydrogen) atoms. The molecule has 1 aromatic rings. The maximum Gasteiger partial charge on any atom is 0.0206 e. The third-order valence-corrected chi connectivity index (χ3v) is 3.09. The van der Waals surface area contributed by atoms with Crippen LogP contribution in [-0.2, 0) is 6.54 Å². The molecule has 1 saturated carbocycles. The summed E-state index contributed by atoms with van der Waals surface area (Å²) in [6, 6.07) is 9.11. The van der Waals surface area contributed by atoms with Crippen LogP contribution >= 0.6 is 0 Å². The lowest BCUT2D eigenvalue weighted by molar-refractivity contribution is 0.400. The van der Waals surface area contributed by atoms with Gasteiger partial charge in [-0.1, -0.05) is 24.3 Å². The van der Waals surface area contributed by atoms with Gasteiger partial charge in [0.1, 0.15) is 0 Å². The second-order valence-corrected chi connectivity index (χ2v) is 5.00. The average molecular weight is 218 g/mol. The molecule has 0 saturated heterocycles. The molecule has 0 aromatic heterocycles. The Labute approximate surface area is 98.7 Å². The summed E-state index contributed by atoms with van der Waals surface area (Å²) >= 11 is 0. The van der Waals surface area contributed by atoms with E-state index in [-0.39, 0.29) is 0 Å². The molecule has 1 aromatic carbocycles. The largest absolute Gasteiger partial charge is 0.311 e. The Morgan fingerprint density at radius 3 is 2.44 bits per heavy atom. The molecule has 1 N–H and O–H groups in total. The second-order valence-electron chi connectivity index (χ2n) is 5.00. The topological polar surface area (TPSA) is 15.3 Å². The molecule has 0 radical (unpaired) electrons. The second kappa shape index (κ2) is 5.46. The standard InChI is InChI=1S/C14H22N2/c1-16(2)10-9-15-11-12-3-5-13(6-4-12)14-7-8-14/h3-6,14-15H,7-11H2,1-2H3. The molecule has 0 spiro atoms. The molecule has 1 aliphatic carbocycles. The third-order valence-electron chi connectivity index (χ3n) is 3.09. The molecular formula is C14H22N2. The van der Waals surface area contributed by atoms with Crippen LogP contribution in [0.3, 0.4) is 0 Å². The highest BCUT2D eigenvalue weighted by molar-refractivity contribution is 5.27. The van der Waals surface area contributed by atoms with Crippen LogP contribution in [0.15, 0.2) is 24.3 Å². The summed E-state index contributed by atoms with van der Waals surface area (Å²) in [5, 5.41) is 3.46. The molecule has 0 bridgehead atoms. The van der Waals surface area contributed by atoms with Crippen LogP contribution in [0.5, 0.6) is 0 Å². The SMILES string of the molecule is CN(C)CCNCc1ccc(C2CC2)cc1. The number of likely N-dealkylation sites (N-methyl/N-ethyl adjacent to an activating group) is 1. The van der Waals surface area contributed by atoms with Crippen molar-refractivity contribution in [1.82, 2.24) is 10.2 Å². The fourth-order valence-corrected chi connectivity index (χ4v) is 1.86. The van der Waals surface area contributed by atoms with Crippen molar-refractivity contribution in [1.29, 1.82) is 0 Å². The van der Waals surface area contributed by atoms with Gasteiger partial charge in [0.2, 0.25) is 0 Å². The van der Waals surface area contributed by atoms with Gasteiger partial charge in [0.15, 0.2) is 0 Å². The zero-order valence-corrected chi connectivity index (χ0v) is 10.4. The van der Waals surface area contributed by atoms with Crippen LogP contribution in [0.2, 0.25) is 0 Å². The Hall–Kier alpha value is -0.860. The Balaban J connectivity index is 1.72. The first kappa shape index (κ1) is 11.6. The quantitative estimate of drug-likeness (QED) is 0.737. The number of benzene rings is 1. The van der Waals surface area contributed by atoms with Gasteiger partial charge in [0, 0.05) is 19.6 Å². The molecular weight excluding hydrogens is 196 g/mol. The zero-order valence-electron chi connectivity index (χ0n) is 10.4. The van der Waals surface area contributed by atoms with Gasteiger partial charge in [0.25, 0.3) is 0 Å². The van der Waals surface area contributed by atoms with E-state index < -0.39 is 0 Å². The van der Waals surface area contributed by atoms with E-state index >= 15 is 0 Å². The summed E-state index contributed by atoms with van der Waals surface area (Å²) in [4.78, 5) is 2.20. The van der Waals surface area contributed by atoms with Gasteiger partial charge >= 0.3 is 0 Å². The molecule has 0 amide bonds. The first-order valence-electron chi connectivity index (χ1n) is 6.20. The summed E-state index contributed by atoms with van der Waals surface area (Å²) in [7, 11) is 4.21. The van der Waals surface area contributed by atoms with Crippen molar-refractivity contribution in [2.24, 2.45) is 0 Å². The van der Waals surface area contributed by atoms with E-state index in [1.807, 2.05) is 0 Å².